The quantitative estimate of drug-likeness (QED) is 0.639. The summed E-state index contributed by atoms with van der Waals surface area (Å²) in [6.07, 6.45) is 1.93. The Morgan fingerprint density at radius 1 is 1.21 bits per heavy atom. The number of aromatic nitrogens is 4. The summed E-state index contributed by atoms with van der Waals surface area (Å²) < 4.78 is 2.80. The van der Waals surface area contributed by atoms with E-state index in [9.17, 15) is 14.4 Å². The molecule has 0 unspecified atom stereocenters. The number of alkyl halides is 1. The number of fused-ring (bicyclic) bond motifs is 1. The lowest BCUT2D eigenvalue weighted by Crippen LogP contribution is -2.40. The molecule has 132 valence electrons. The van der Waals surface area contributed by atoms with Gasteiger partial charge >= 0.3 is 5.69 Å². The van der Waals surface area contributed by atoms with Crippen LogP contribution < -0.4 is 16.6 Å². The highest BCUT2D eigenvalue weighted by molar-refractivity contribution is 9.09. The van der Waals surface area contributed by atoms with Crippen molar-refractivity contribution in [3.63, 3.8) is 0 Å². The predicted octanol–water partition coefficient (Wildman–Crippen LogP) is 0.760. The van der Waals surface area contributed by atoms with E-state index >= 15 is 0 Å². The first-order chi connectivity index (χ1) is 11.5. The maximum Gasteiger partial charge on any atom is 0.332 e. The number of carbonyl (C=O) groups excluding carboxylic acids is 1. The van der Waals surface area contributed by atoms with E-state index in [-0.39, 0.29) is 22.5 Å². The van der Waals surface area contributed by atoms with Gasteiger partial charge in [-0.25, -0.2) is 9.78 Å². The Hall–Kier alpha value is -1.90. The first-order valence-electron chi connectivity index (χ1n) is 8.08. The standard InChI is InChI=1S/C15H22BrN5O3/c1-3-7-20-13-12(14(23)21(8-4-2)15(20)24)18-10(19-13)5-6-17-11(22)9-16/h3-9H2,1-2H3,(H,17,22)(H,18,19). The molecule has 9 heteroatoms. The zero-order valence-corrected chi connectivity index (χ0v) is 15.5. The monoisotopic (exact) mass is 399 g/mol. The molecule has 0 atom stereocenters. The number of aryl methyl sites for hydroxylation is 1. The molecule has 0 aliphatic heterocycles. The summed E-state index contributed by atoms with van der Waals surface area (Å²) in [5, 5.41) is 2.97. The third-order valence-electron chi connectivity index (χ3n) is 3.61. The van der Waals surface area contributed by atoms with Crippen LogP contribution in [0.1, 0.15) is 32.5 Å². The maximum absolute atomic E-state index is 12.5. The molecule has 0 saturated heterocycles. The van der Waals surface area contributed by atoms with Crippen molar-refractivity contribution in [3.05, 3.63) is 26.7 Å². The van der Waals surface area contributed by atoms with Crippen LogP contribution in [-0.2, 0) is 24.3 Å². The van der Waals surface area contributed by atoms with Crippen molar-refractivity contribution >= 4 is 33.0 Å². The van der Waals surface area contributed by atoms with Crippen LogP contribution in [0.5, 0.6) is 0 Å². The maximum atomic E-state index is 12.5. The highest BCUT2D eigenvalue weighted by Crippen LogP contribution is 2.07. The molecule has 0 saturated carbocycles. The summed E-state index contributed by atoms with van der Waals surface area (Å²) in [7, 11) is 0. The van der Waals surface area contributed by atoms with Crippen LogP contribution >= 0.6 is 15.9 Å². The summed E-state index contributed by atoms with van der Waals surface area (Å²) >= 11 is 3.08. The lowest BCUT2D eigenvalue weighted by Gasteiger charge is -2.09. The largest absolute Gasteiger partial charge is 0.355 e. The molecule has 0 bridgehead atoms. The Labute approximate surface area is 147 Å². The Kier molecular flexibility index (Phi) is 6.36. The van der Waals surface area contributed by atoms with Gasteiger partial charge in [0, 0.05) is 26.1 Å². The van der Waals surface area contributed by atoms with Crippen molar-refractivity contribution in [2.45, 2.75) is 46.2 Å². The molecule has 1 amide bonds. The van der Waals surface area contributed by atoms with Crippen molar-refractivity contribution < 1.29 is 4.79 Å². The van der Waals surface area contributed by atoms with Crippen LogP contribution in [0.3, 0.4) is 0 Å². The van der Waals surface area contributed by atoms with Gasteiger partial charge in [0.05, 0.1) is 5.33 Å². The smallest absolute Gasteiger partial charge is 0.332 e. The number of H-pyrrole nitrogens is 1. The molecule has 2 rings (SSSR count). The minimum atomic E-state index is -0.340. The third kappa shape index (κ3) is 3.77. The molecule has 2 aromatic rings. The molecule has 2 heterocycles. The molecular weight excluding hydrogens is 378 g/mol. The first-order valence-corrected chi connectivity index (χ1v) is 9.20. The van der Waals surface area contributed by atoms with Crippen molar-refractivity contribution in [2.24, 2.45) is 0 Å². The zero-order valence-electron chi connectivity index (χ0n) is 13.9. The Bertz CT molecular complexity index is 836. The average Bonchev–Trinajstić information content (AvgIpc) is 2.99. The second-order valence-electron chi connectivity index (χ2n) is 5.51. The molecule has 0 aliphatic rings. The number of amides is 1. The average molecular weight is 400 g/mol. The lowest BCUT2D eigenvalue weighted by molar-refractivity contribution is -0.118. The fourth-order valence-electron chi connectivity index (χ4n) is 2.55. The van der Waals surface area contributed by atoms with E-state index in [2.05, 4.69) is 31.2 Å². The van der Waals surface area contributed by atoms with Gasteiger partial charge in [-0.1, -0.05) is 29.8 Å². The number of nitrogens with one attached hydrogen (secondary N) is 2. The van der Waals surface area contributed by atoms with Gasteiger partial charge in [0.15, 0.2) is 5.65 Å². The highest BCUT2D eigenvalue weighted by Gasteiger charge is 2.16. The van der Waals surface area contributed by atoms with Crippen LogP contribution in [0, 0.1) is 0 Å². The normalized spacial score (nSPS) is 11.1. The number of rotatable bonds is 8. The van der Waals surface area contributed by atoms with E-state index in [1.807, 2.05) is 13.8 Å². The number of nitrogens with zero attached hydrogens (tertiary/aromatic N) is 3. The van der Waals surface area contributed by atoms with Gasteiger partial charge in [-0.3, -0.25) is 18.7 Å². The van der Waals surface area contributed by atoms with Gasteiger partial charge in [0.25, 0.3) is 5.56 Å². The van der Waals surface area contributed by atoms with Crippen molar-refractivity contribution in [1.82, 2.24) is 24.4 Å². The molecule has 0 aliphatic carbocycles. The van der Waals surface area contributed by atoms with E-state index in [0.29, 0.717) is 49.5 Å². The van der Waals surface area contributed by atoms with Crippen molar-refractivity contribution in [3.8, 4) is 0 Å². The van der Waals surface area contributed by atoms with Gasteiger partial charge in [0.1, 0.15) is 11.3 Å². The summed E-state index contributed by atoms with van der Waals surface area (Å²) in [6, 6.07) is 0. The van der Waals surface area contributed by atoms with Crippen LogP contribution in [0.4, 0.5) is 0 Å². The Morgan fingerprint density at radius 2 is 1.88 bits per heavy atom. The molecule has 2 aromatic heterocycles. The van der Waals surface area contributed by atoms with Gasteiger partial charge in [-0.05, 0) is 12.8 Å². The third-order valence-corrected chi connectivity index (χ3v) is 4.12. The molecule has 0 fully saturated rings. The fraction of sp³-hybridized carbons (Fsp3) is 0.600. The lowest BCUT2D eigenvalue weighted by atomic mass is 10.4. The van der Waals surface area contributed by atoms with Gasteiger partial charge in [0.2, 0.25) is 5.91 Å². The van der Waals surface area contributed by atoms with Gasteiger partial charge < -0.3 is 10.3 Å². The fourth-order valence-corrected chi connectivity index (χ4v) is 2.74. The molecule has 8 nitrogen and oxygen atoms in total. The van der Waals surface area contributed by atoms with E-state index in [4.69, 9.17) is 0 Å². The Morgan fingerprint density at radius 3 is 2.50 bits per heavy atom. The summed E-state index contributed by atoms with van der Waals surface area (Å²) in [6.45, 7) is 5.18. The summed E-state index contributed by atoms with van der Waals surface area (Å²) in [5.74, 6) is 0.467. The number of hydrogen-bond acceptors (Lipinski definition) is 4. The van der Waals surface area contributed by atoms with Gasteiger partial charge in [-0.2, -0.15) is 0 Å². The van der Waals surface area contributed by atoms with Crippen LogP contribution in [0.15, 0.2) is 9.59 Å². The van der Waals surface area contributed by atoms with Crippen molar-refractivity contribution in [1.29, 1.82) is 0 Å². The molecule has 0 radical (unpaired) electrons. The molecule has 0 spiro atoms. The van der Waals surface area contributed by atoms with Crippen molar-refractivity contribution in [2.75, 3.05) is 11.9 Å². The minimum absolute atomic E-state index is 0.112. The number of hydrogen-bond donors (Lipinski definition) is 2. The number of imidazole rings is 1. The number of halogens is 1. The van der Waals surface area contributed by atoms with E-state index in [1.165, 1.54) is 4.57 Å². The topological polar surface area (TPSA) is 102 Å². The Balaban J connectivity index is 2.44. The van der Waals surface area contributed by atoms with E-state index in [1.54, 1.807) is 4.57 Å². The minimum Gasteiger partial charge on any atom is -0.355 e. The highest BCUT2D eigenvalue weighted by atomic mass is 79.9. The molecule has 2 N–H and O–H groups in total. The first kappa shape index (κ1) is 18.4. The summed E-state index contributed by atoms with van der Waals surface area (Å²) in [5.41, 5.74) is 0.0774. The predicted molar refractivity (Wildman–Crippen MR) is 95.7 cm³/mol. The van der Waals surface area contributed by atoms with Gasteiger partial charge in [-0.15, -0.1) is 0 Å². The molecule has 0 aromatic carbocycles. The summed E-state index contributed by atoms with van der Waals surface area (Å²) in [4.78, 5) is 43.7. The second-order valence-corrected chi connectivity index (χ2v) is 6.07. The molecular formula is C15H22BrN5O3. The number of aromatic amines is 1. The van der Waals surface area contributed by atoms with E-state index < -0.39 is 0 Å². The van der Waals surface area contributed by atoms with E-state index in [0.717, 1.165) is 6.42 Å². The number of carbonyl (C=O) groups is 1. The van der Waals surface area contributed by atoms with Crippen LogP contribution in [0.2, 0.25) is 0 Å². The zero-order chi connectivity index (χ0) is 17.7. The van der Waals surface area contributed by atoms with Crippen LogP contribution in [-0.4, -0.2) is 36.9 Å². The SMILES string of the molecule is CCCn1c(=O)c2[nH]c(CCNC(=O)CBr)nc2n(CCC)c1=O. The van der Waals surface area contributed by atoms with Crippen LogP contribution in [0.25, 0.3) is 11.2 Å². The second kappa shape index (κ2) is 8.27. The molecule has 24 heavy (non-hydrogen) atoms.